The molecule has 2 heterocycles. The number of fused-ring (bicyclic) bond motifs is 5. The Bertz CT molecular complexity index is 2730. The highest BCUT2D eigenvalue weighted by molar-refractivity contribution is 6.14. The molecule has 0 atom stereocenters. The van der Waals surface area contributed by atoms with Crippen LogP contribution in [-0.4, -0.2) is 15.1 Å². The van der Waals surface area contributed by atoms with Crippen molar-refractivity contribution in [3.63, 3.8) is 0 Å². The summed E-state index contributed by atoms with van der Waals surface area (Å²) >= 11 is 0. The monoisotopic (exact) mass is 628 g/mol. The fourth-order valence-electron chi connectivity index (χ4n) is 7.42. The van der Waals surface area contributed by atoms with Crippen LogP contribution >= 0.6 is 0 Å². The first-order chi connectivity index (χ1) is 24.0. The third kappa shape index (κ3) is 4.90. The minimum absolute atomic E-state index is 0.215. The van der Waals surface area contributed by atoms with Gasteiger partial charge in [-0.15, -0.1) is 0 Å². The van der Waals surface area contributed by atoms with Crippen LogP contribution in [0, 0.1) is 13.8 Å². The smallest absolute Gasteiger partial charge is 0.133 e. The predicted molar refractivity (Wildman–Crippen MR) is 205 cm³/mol. The summed E-state index contributed by atoms with van der Waals surface area (Å²) in [5.41, 5.74) is 11.7. The molecule has 9 aromatic rings. The van der Waals surface area contributed by atoms with Crippen molar-refractivity contribution in [1.82, 2.24) is 9.97 Å². The number of pyridine rings is 2. The van der Waals surface area contributed by atoms with Gasteiger partial charge in [-0.05, 0) is 70.3 Å². The maximum absolute atomic E-state index is 12.5. The van der Waals surface area contributed by atoms with Crippen LogP contribution in [0.3, 0.4) is 0 Å². The standard InChI is InChI=1S/C46H32N2O/c1-28-22-29(2)24-35(23-28)39-20-18-31-12-6-8-14-37(31)42(39)43-38-15-9-7-13-33(38)26-40(46(43)49)41-21-19-32-16-17-34-25-36(30-10-4-3-5-11-30)27-47-44(34)45(32)48-41/h3-27,49H,1-2H3. The zero-order valence-electron chi connectivity index (χ0n) is 27.3. The lowest BCUT2D eigenvalue weighted by atomic mass is 9.85. The highest BCUT2D eigenvalue weighted by Crippen LogP contribution is 2.49. The Morgan fingerprint density at radius 2 is 1.10 bits per heavy atom. The average molecular weight is 629 g/mol. The molecule has 49 heavy (non-hydrogen) atoms. The summed E-state index contributed by atoms with van der Waals surface area (Å²) in [6, 6.07) is 50.6. The number of hydrogen-bond acceptors (Lipinski definition) is 3. The number of benzene rings is 7. The molecule has 0 fully saturated rings. The number of aromatic hydroxyl groups is 1. The Balaban J connectivity index is 1.31. The summed E-state index contributed by atoms with van der Waals surface area (Å²) in [6.45, 7) is 4.27. The molecule has 0 amide bonds. The van der Waals surface area contributed by atoms with E-state index in [2.05, 4.69) is 129 Å². The molecule has 0 bridgehead atoms. The van der Waals surface area contributed by atoms with Crippen LogP contribution in [0.15, 0.2) is 152 Å². The van der Waals surface area contributed by atoms with E-state index in [9.17, 15) is 5.11 Å². The van der Waals surface area contributed by atoms with E-state index in [1.54, 1.807) is 0 Å². The second-order valence-corrected chi connectivity index (χ2v) is 13.0. The lowest BCUT2D eigenvalue weighted by Crippen LogP contribution is -1.95. The van der Waals surface area contributed by atoms with E-state index in [4.69, 9.17) is 9.97 Å². The second kappa shape index (κ2) is 11.4. The van der Waals surface area contributed by atoms with Gasteiger partial charge in [0.1, 0.15) is 5.75 Å². The molecule has 0 aliphatic carbocycles. The van der Waals surface area contributed by atoms with Gasteiger partial charge in [0, 0.05) is 39.2 Å². The average Bonchev–Trinajstić information content (AvgIpc) is 3.14. The van der Waals surface area contributed by atoms with Crippen LogP contribution in [0.4, 0.5) is 0 Å². The summed E-state index contributed by atoms with van der Waals surface area (Å²) in [5, 5.41) is 18.8. The minimum atomic E-state index is 0.215. The largest absolute Gasteiger partial charge is 0.507 e. The lowest BCUT2D eigenvalue weighted by Gasteiger charge is -2.20. The van der Waals surface area contributed by atoms with E-state index in [0.29, 0.717) is 11.3 Å². The van der Waals surface area contributed by atoms with E-state index in [-0.39, 0.29) is 5.75 Å². The van der Waals surface area contributed by atoms with Crippen LogP contribution < -0.4 is 0 Å². The van der Waals surface area contributed by atoms with Crippen molar-refractivity contribution in [3.8, 4) is 50.4 Å². The molecule has 0 saturated heterocycles. The molecule has 2 aromatic heterocycles. The zero-order chi connectivity index (χ0) is 33.1. The highest BCUT2D eigenvalue weighted by Gasteiger charge is 2.22. The molecule has 0 aliphatic heterocycles. The molecule has 0 spiro atoms. The highest BCUT2D eigenvalue weighted by atomic mass is 16.3. The minimum Gasteiger partial charge on any atom is -0.507 e. The van der Waals surface area contributed by atoms with Gasteiger partial charge in [-0.3, -0.25) is 4.98 Å². The summed E-state index contributed by atoms with van der Waals surface area (Å²) in [6.07, 6.45) is 1.92. The van der Waals surface area contributed by atoms with Gasteiger partial charge < -0.3 is 5.11 Å². The van der Waals surface area contributed by atoms with Gasteiger partial charge >= 0.3 is 0 Å². The number of rotatable bonds is 4. The van der Waals surface area contributed by atoms with Gasteiger partial charge in [-0.1, -0.05) is 139 Å². The number of aryl methyl sites for hydroxylation is 2. The van der Waals surface area contributed by atoms with Gasteiger partial charge in [0.25, 0.3) is 0 Å². The first-order valence-electron chi connectivity index (χ1n) is 16.6. The van der Waals surface area contributed by atoms with Crippen LogP contribution in [0.1, 0.15) is 11.1 Å². The van der Waals surface area contributed by atoms with Gasteiger partial charge in [0.05, 0.1) is 16.7 Å². The quantitative estimate of drug-likeness (QED) is 0.197. The maximum atomic E-state index is 12.5. The van der Waals surface area contributed by atoms with Gasteiger partial charge in [-0.2, -0.15) is 0 Å². The normalized spacial score (nSPS) is 11.6. The van der Waals surface area contributed by atoms with E-state index in [1.807, 2.05) is 36.5 Å². The summed E-state index contributed by atoms with van der Waals surface area (Å²) in [5.74, 6) is 0.215. The Hall–Kier alpha value is -6.32. The molecule has 0 aliphatic rings. The fourth-order valence-corrected chi connectivity index (χ4v) is 7.42. The molecule has 7 aromatic carbocycles. The topological polar surface area (TPSA) is 46.0 Å². The Kier molecular flexibility index (Phi) is 6.73. The van der Waals surface area contributed by atoms with Crippen molar-refractivity contribution in [2.24, 2.45) is 0 Å². The Labute approximate surface area is 284 Å². The third-order valence-corrected chi connectivity index (χ3v) is 9.63. The molecular formula is C46H32N2O. The molecule has 0 unspecified atom stereocenters. The predicted octanol–water partition coefficient (Wildman–Crippen LogP) is 12.1. The third-order valence-electron chi connectivity index (χ3n) is 9.63. The second-order valence-electron chi connectivity index (χ2n) is 13.0. The fraction of sp³-hybridized carbons (Fsp3) is 0.0435. The molecule has 3 nitrogen and oxygen atoms in total. The van der Waals surface area contributed by atoms with Crippen LogP contribution in [0.2, 0.25) is 0 Å². The Morgan fingerprint density at radius 3 is 1.90 bits per heavy atom. The van der Waals surface area contributed by atoms with Crippen molar-refractivity contribution in [2.45, 2.75) is 13.8 Å². The molecule has 0 radical (unpaired) electrons. The van der Waals surface area contributed by atoms with Crippen molar-refractivity contribution in [2.75, 3.05) is 0 Å². The molecule has 3 heteroatoms. The summed E-state index contributed by atoms with van der Waals surface area (Å²) in [4.78, 5) is 10.1. The molecule has 232 valence electrons. The molecule has 1 N–H and O–H groups in total. The Morgan fingerprint density at radius 1 is 0.449 bits per heavy atom. The zero-order valence-corrected chi connectivity index (χ0v) is 27.3. The van der Waals surface area contributed by atoms with Gasteiger partial charge in [-0.25, -0.2) is 4.98 Å². The molecule has 0 saturated carbocycles. The number of hydrogen-bond donors (Lipinski definition) is 1. The first kappa shape index (κ1) is 28.9. The van der Waals surface area contributed by atoms with Crippen LogP contribution in [-0.2, 0) is 0 Å². The number of phenols is 1. The van der Waals surface area contributed by atoms with Crippen molar-refractivity contribution in [3.05, 3.63) is 163 Å². The number of phenolic OH excluding ortho intramolecular Hbond substituents is 1. The van der Waals surface area contributed by atoms with E-state index >= 15 is 0 Å². The van der Waals surface area contributed by atoms with Crippen LogP contribution in [0.25, 0.3) is 88.0 Å². The first-order valence-corrected chi connectivity index (χ1v) is 16.6. The van der Waals surface area contributed by atoms with E-state index in [1.165, 1.54) is 11.1 Å². The maximum Gasteiger partial charge on any atom is 0.133 e. The number of aromatic nitrogens is 2. The molecule has 9 rings (SSSR count). The van der Waals surface area contributed by atoms with Crippen molar-refractivity contribution in [1.29, 1.82) is 0 Å². The lowest BCUT2D eigenvalue weighted by molar-refractivity contribution is 0.480. The number of nitrogens with zero attached hydrogens (tertiary/aromatic N) is 2. The SMILES string of the molecule is Cc1cc(C)cc(-c2ccc3ccccc3c2-c2c(O)c(-c3ccc4ccc5cc(-c6ccccc6)cnc5c4n3)cc3ccccc23)c1. The van der Waals surface area contributed by atoms with Crippen molar-refractivity contribution >= 4 is 43.4 Å². The molecular weight excluding hydrogens is 597 g/mol. The van der Waals surface area contributed by atoms with Gasteiger partial charge in [0.15, 0.2) is 0 Å². The van der Waals surface area contributed by atoms with Crippen molar-refractivity contribution < 1.29 is 5.11 Å². The van der Waals surface area contributed by atoms with Crippen LogP contribution in [0.5, 0.6) is 5.75 Å². The van der Waals surface area contributed by atoms with E-state index in [0.717, 1.165) is 76.7 Å². The summed E-state index contributed by atoms with van der Waals surface area (Å²) in [7, 11) is 0. The summed E-state index contributed by atoms with van der Waals surface area (Å²) < 4.78 is 0. The van der Waals surface area contributed by atoms with Gasteiger partial charge in [0.2, 0.25) is 0 Å². The van der Waals surface area contributed by atoms with E-state index < -0.39 is 0 Å².